The Morgan fingerprint density at radius 3 is 1.37 bits per heavy atom. The average Bonchev–Trinajstić information content (AvgIpc) is 3.84. The van der Waals surface area contributed by atoms with Crippen LogP contribution in [-0.4, -0.2) is 0 Å². The van der Waals surface area contributed by atoms with E-state index in [4.69, 9.17) is 0 Å². The van der Waals surface area contributed by atoms with Crippen LogP contribution >= 0.6 is 0 Å². The van der Waals surface area contributed by atoms with E-state index < -0.39 is 5.41 Å². The van der Waals surface area contributed by atoms with Gasteiger partial charge in [0, 0.05) is 27.9 Å². The lowest BCUT2D eigenvalue weighted by molar-refractivity contribution is 0.660. The minimum absolute atomic E-state index is 0.147. The van der Waals surface area contributed by atoms with Crippen LogP contribution in [0.5, 0.6) is 0 Å². The zero-order valence-corrected chi connectivity index (χ0v) is 35.7. The fraction of sp³-hybridized carbons (Fsp3) is 0.115. The van der Waals surface area contributed by atoms with Crippen molar-refractivity contribution in [1.29, 1.82) is 0 Å². The lowest BCUT2D eigenvalue weighted by Crippen LogP contribution is -2.28. The van der Waals surface area contributed by atoms with Gasteiger partial charge in [-0.1, -0.05) is 204 Å². The molecule has 1 heteroatoms. The molecule has 9 aromatic carbocycles. The molecule has 0 radical (unpaired) electrons. The maximum Gasteiger partial charge on any atom is 0.0713 e. The molecule has 0 bridgehead atoms. The Morgan fingerprint density at radius 2 is 0.726 bits per heavy atom. The van der Waals surface area contributed by atoms with Crippen LogP contribution in [0.4, 0.5) is 17.1 Å². The van der Waals surface area contributed by atoms with Crippen molar-refractivity contribution in [3.8, 4) is 44.5 Å². The van der Waals surface area contributed by atoms with Gasteiger partial charge in [0.15, 0.2) is 0 Å². The molecule has 62 heavy (non-hydrogen) atoms. The van der Waals surface area contributed by atoms with E-state index in [1.54, 1.807) is 0 Å². The Hall–Kier alpha value is -7.22. The number of fused-ring (bicyclic) bond motifs is 9. The summed E-state index contributed by atoms with van der Waals surface area (Å²) in [6.45, 7) is 9.55. The van der Waals surface area contributed by atoms with E-state index in [9.17, 15) is 0 Å². The molecule has 3 aliphatic rings. The van der Waals surface area contributed by atoms with Gasteiger partial charge in [-0.25, -0.2) is 0 Å². The van der Waals surface area contributed by atoms with E-state index in [0.29, 0.717) is 0 Å². The summed E-state index contributed by atoms with van der Waals surface area (Å²) in [5, 5.41) is 0. The zero-order valence-electron chi connectivity index (χ0n) is 35.7. The minimum atomic E-state index is -0.468. The summed E-state index contributed by atoms with van der Waals surface area (Å²) in [5.41, 5.74) is 23.6. The summed E-state index contributed by atoms with van der Waals surface area (Å²) >= 11 is 0. The van der Waals surface area contributed by atoms with Gasteiger partial charge < -0.3 is 4.90 Å². The third kappa shape index (κ3) is 5.03. The minimum Gasteiger partial charge on any atom is -0.310 e. The van der Waals surface area contributed by atoms with Gasteiger partial charge in [-0.3, -0.25) is 0 Å². The highest BCUT2D eigenvalue weighted by Crippen LogP contribution is 2.59. The summed E-state index contributed by atoms with van der Waals surface area (Å²) in [5.74, 6) is 0. The molecule has 0 aromatic heterocycles. The first kappa shape index (κ1) is 36.6. The van der Waals surface area contributed by atoms with Gasteiger partial charge in [-0.05, 0) is 125 Å². The summed E-state index contributed by atoms with van der Waals surface area (Å²) in [7, 11) is 0. The monoisotopic (exact) mass is 793 g/mol. The van der Waals surface area contributed by atoms with Crippen molar-refractivity contribution < 1.29 is 0 Å². The Bertz CT molecular complexity index is 3190. The number of nitrogens with zero attached hydrogens (tertiary/aromatic N) is 1. The molecule has 0 amide bonds. The smallest absolute Gasteiger partial charge is 0.0713 e. The Labute approximate surface area is 365 Å². The van der Waals surface area contributed by atoms with E-state index >= 15 is 0 Å². The van der Waals surface area contributed by atoms with Crippen LogP contribution in [0.2, 0.25) is 0 Å². The maximum atomic E-state index is 2.54. The molecule has 0 N–H and O–H groups in total. The van der Waals surface area contributed by atoms with Crippen molar-refractivity contribution in [2.45, 2.75) is 43.9 Å². The molecule has 1 nitrogen and oxygen atoms in total. The highest BCUT2D eigenvalue weighted by Gasteiger charge is 2.46. The van der Waals surface area contributed by atoms with Crippen LogP contribution in [0, 0.1) is 0 Å². The van der Waals surface area contributed by atoms with Crippen LogP contribution in [-0.2, 0) is 16.2 Å². The van der Waals surface area contributed by atoms with Crippen LogP contribution in [0.3, 0.4) is 0 Å². The van der Waals surface area contributed by atoms with E-state index in [-0.39, 0.29) is 10.8 Å². The van der Waals surface area contributed by atoms with Gasteiger partial charge in [0.1, 0.15) is 0 Å². The quantitative estimate of drug-likeness (QED) is 0.162. The summed E-state index contributed by atoms with van der Waals surface area (Å²) < 4.78 is 0. The standard InChI is InChI=1S/C61H47N/c1-59(2)53-29-17-14-26-46(53)49-34-32-44(39-57(49)59)62(45-37-50(40-20-8-5-9-21-40)58-52(38-45)48-28-15-18-30-54(48)60(58,3)4)43-33-35-56-51(36-43)47-27-16-19-31-55(47)61(56,41-22-10-6-11-23-41)42-24-12-7-13-25-42/h5-39H,1-4H3. The van der Waals surface area contributed by atoms with Crippen molar-refractivity contribution in [2.24, 2.45) is 0 Å². The molecular weight excluding hydrogens is 747 g/mol. The van der Waals surface area contributed by atoms with Crippen molar-refractivity contribution in [3.63, 3.8) is 0 Å². The predicted octanol–water partition coefficient (Wildman–Crippen LogP) is 15.8. The molecular formula is C61H47N. The third-order valence-electron chi connectivity index (χ3n) is 14.5. The van der Waals surface area contributed by atoms with Gasteiger partial charge in [0.25, 0.3) is 0 Å². The molecule has 0 heterocycles. The molecule has 0 atom stereocenters. The van der Waals surface area contributed by atoms with Gasteiger partial charge >= 0.3 is 0 Å². The average molecular weight is 794 g/mol. The zero-order chi connectivity index (χ0) is 41.8. The topological polar surface area (TPSA) is 3.24 Å². The number of anilines is 3. The molecule has 3 aliphatic carbocycles. The maximum absolute atomic E-state index is 2.54. The molecule has 0 spiro atoms. The van der Waals surface area contributed by atoms with Gasteiger partial charge in [0.2, 0.25) is 0 Å². The van der Waals surface area contributed by atoms with Crippen molar-refractivity contribution in [3.05, 3.63) is 257 Å². The third-order valence-corrected chi connectivity index (χ3v) is 14.5. The van der Waals surface area contributed by atoms with Crippen LogP contribution < -0.4 is 4.90 Å². The number of rotatable bonds is 6. The number of hydrogen-bond donors (Lipinski definition) is 0. The first-order chi connectivity index (χ1) is 30.3. The van der Waals surface area contributed by atoms with E-state index in [1.165, 1.54) is 89.0 Å². The second-order valence-corrected chi connectivity index (χ2v) is 18.4. The van der Waals surface area contributed by atoms with E-state index in [0.717, 1.165) is 17.1 Å². The lowest BCUT2D eigenvalue weighted by atomic mass is 9.68. The Balaban J connectivity index is 1.15. The van der Waals surface area contributed by atoms with Crippen molar-refractivity contribution >= 4 is 17.1 Å². The Kier molecular flexibility index (Phi) is 7.91. The van der Waals surface area contributed by atoms with Crippen molar-refractivity contribution in [2.75, 3.05) is 4.90 Å². The summed E-state index contributed by atoms with van der Waals surface area (Å²) in [6.07, 6.45) is 0. The fourth-order valence-corrected chi connectivity index (χ4v) is 11.7. The molecule has 12 rings (SSSR count). The molecule has 0 unspecified atom stereocenters. The highest BCUT2D eigenvalue weighted by atomic mass is 15.1. The number of hydrogen-bond acceptors (Lipinski definition) is 1. The first-order valence-corrected chi connectivity index (χ1v) is 22.0. The van der Waals surface area contributed by atoms with Gasteiger partial charge in [0.05, 0.1) is 5.41 Å². The Morgan fingerprint density at radius 1 is 0.290 bits per heavy atom. The molecule has 0 saturated carbocycles. The second-order valence-electron chi connectivity index (χ2n) is 18.4. The predicted molar refractivity (Wildman–Crippen MR) is 259 cm³/mol. The first-order valence-electron chi connectivity index (χ1n) is 22.0. The molecule has 0 aliphatic heterocycles. The van der Waals surface area contributed by atoms with Gasteiger partial charge in [-0.15, -0.1) is 0 Å². The van der Waals surface area contributed by atoms with Crippen LogP contribution in [0.25, 0.3) is 44.5 Å². The van der Waals surface area contributed by atoms with Crippen molar-refractivity contribution in [1.82, 2.24) is 0 Å². The molecule has 0 saturated heterocycles. The second kappa shape index (κ2) is 13.4. The van der Waals surface area contributed by atoms with E-state index in [1.807, 2.05) is 0 Å². The van der Waals surface area contributed by atoms with Crippen LogP contribution in [0.1, 0.15) is 72.2 Å². The normalized spacial score (nSPS) is 15.2. The van der Waals surface area contributed by atoms with E-state index in [2.05, 4.69) is 245 Å². The molecule has 296 valence electrons. The SMILES string of the molecule is CC1(C)c2ccccc2-c2ccc(N(c3ccc4c(c3)-c3ccccc3C4(c3ccccc3)c3ccccc3)c3cc(-c4ccccc4)c4c(c3)-c3ccccc3C4(C)C)cc21. The molecule has 0 fully saturated rings. The van der Waals surface area contributed by atoms with Crippen LogP contribution in [0.15, 0.2) is 212 Å². The van der Waals surface area contributed by atoms with Gasteiger partial charge in [-0.2, -0.15) is 0 Å². The summed E-state index contributed by atoms with van der Waals surface area (Å²) in [4.78, 5) is 2.54. The summed E-state index contributed by atoms with van der Waals surface area (Å²) in [6, 6.07) is 79.7. The fourth-order valence-electron chi connectivity index (χ4n) is 11.7. The largest absolute Gasteiger partial charge is 0.310 e. The number of benzene rings is 9. The highest BCUT2D eigenvalue weighted by molar-refractivity contribution is 5.96. The molecule has 9 aromatic rings. The lowest BCUT2D eigenvalue weighted by Gasteiger charge is -2.34.